The number of aromatic nitrogens is 1. The number of anilines is 1. The number of para-hydroxylation sites is 1. The monoisotopic (exact) mass is 408 g/mol. The molecule has 2 N–H and O–H groups in total. The Balaban J connectivity index is 2.08. The van der Waals surface area contributed by atoms with Crippen molar-refractivity contribution in [2.24, 2.45) is 0 Å². The molecule has 1 heterocycles. The number of nitrogens with one attached hydrogen (secondary N) is 2. The minimum atomic E-state index is -3.40. The number of hydrogen-bond donors (Lipinski definition) is 2. The lowest BCUT2D eigenvalue weighted by Crippen LogP contribution is -2.13. The van der Waals surface area contributed by atoms with Gasteiger partial charge in [-0.2, -0.15) is 0 Å². The van der Waals surface area contributed by atoms with Crippen LogP contribution in [0.2, 0.25) is 0 Å². The summed E-state index contributed by atoms with van der Waals surface area (Å²) in [4.78, 5) is 3.20. The number of H-pyrrole nitrogens is 1. The fraction of sp³-hybridized carbons (Fsp3) is 0.176. The third-order valence-electron chi connectivity index (χ3n) is 3.89. The number of fused-ring (bicyclic) bond motifs is 1. The third-order valence-corrected chi connectivity index (χ3v) is 6.47. The maximum Gasteiger partial charge on any atom is 0.356 e. The van der Waals surface area contributed by atoms with Gasteiger partial charge in [-0.05, 0) is 30.3 Å². The molecule has 0 aliphatic carbocycles. The predicted octanol–water partition coefficient (Wildman–Crippen LogP) is 5.53. The number of halogens is 1. The van der Waals surface area contributed by atoms with Gasteiger partial charge in [0, 0.05) is 47.0 Å². The molecule has 24 heavy (non-hydrogen) atoms. The Hall–Kier alpha value is -1.59. The highest BCUT2D eigenvalue weighted by Crippen LogP contribution is 2.60. The Kier molecular flexibility index (Phi) is 5.11. The quantitative estimate of drug-likeness (QED) is 0.526. The van der Waals surface area contributed by atoms with Crippen LogP contribution in [0.4, 0.5) is 5.69 Å². The second kappa shape index (κ2) is 7.11. The average molecular weight is 409 g/mol. The van der Waals surface area contributed by atoms with E-state index < -0.39 is 13.4 Å². The first kappa shape index (κ1) is 17.2. The highest BCUT2D eigenvalue weighted by molar-refractivity contribution is 9.10. The molecule has 1 atom stereocenters. The van der Waals surface area contributed by atoms with Crippen LogP contribution in [0, 0.1) is 0 Å². The number of hydrogen-bond acceptors (Lipinski definition) is 4. The Labute approximate surface area is 149 Å². The topological polar surface area (TPSA) is 63.4 Å². The van der Waals surface area contributed by atoms with Crippen LogP contribution in [-0.2, 0) is 13.6 Å². The Bertz CT molecular complexity index is 871. The van der Waals surface area contributed by atoms with Crippen molar-refractivity contribution in [3.8, 4) is 0 Å². The highest BCUT2D eigenvalue weighted by Gasteiger charge is 2.37. The average Bonchev–Trinajstić information content (AvgIpc) is 3.04. The van der Waals surface area contributed by atoms with Crippen LogP contribution in [0.3, 0.4) is 0 Å². The van der Waals surface area contributed by atoms with Gasteiger partial charge in [-0.25, -0.2) is 0 Å². The van der Waals surface area contributed by atoms with Crippen LogP contribution in [0.1, 0.15) is 11.3 Å². The first-order valence-corrected chi connectivity index (χ1v) is 9.77. The first-order chi connectivity index (χ1) is 11.6. The molecule has 5 nitrogen and oxygen atoms in total. The van der Waals surface area contributed by atoms with E-state index in [1.807, 2.05) is 54.7 Å². The van der Waals surface area contributed by atoms with Gasteiger partial charge in [0.15, 0.2) is 5.78 Å². The molecule has 3 aromatic rings. The van der Waals surface area contributed by atoms with Crippen LogP contribution in [0.5, 0.6) is 0 Å². The number of aromatic amines is 1. The summed E-state index contributed by atoms with van der Waals surface area (Å²) < 4.78 is 24.6. The van der Waals surface area contributed by atoms with Crippen LogP contribution in [-0.4, -0.2) is 19.2 Å². The summed E-state index contributed by atoms with van der Waals surface area (Å²) >= 11 is 3.41. The molecule has 3 rings (SSSR count). The summed E-state index contributed by atoms with van der Waals surface area (Å²) in [6.45, 7) is 0. The maximum absolute atomic E-state index is 13.1. The Morgan fingerprint density at radius 1 is 1.08 bits per heavy atom. The standard InChI is InChI=1S/C17H18BrN2O3P/c1-22-24(21,23-2)17(20-13-9-7-12(18)8-10-13)15-11-19-16-6-4-3-5-14(15)16/h3-11,17,19-20H,1-2H3. The fourth-order valence-electron chi connectivity index (χ4n) is 2.64. The SMILES string of the molecule is COP(=O)(OC)C(Nc1ccc(Br)cc1)c1c[nH]c2ccccc12. The van der Waals surface area contributed by atoms with Crippen LogP contribution >= 0.6 is 23.5 Å². The van der Waals surface area contributed by atoms with Crippen molar-refractivity contribution in [2.45, 2.75) is 5.78 Å². The van der Waals surface area contributed by atoms with E-state index >= 15 is 0 Å². The summed E-state index contributed by atoms with van der Waals surface area (Å²) in [5.74, 6) is -0.634. The lowest BCUT2D eigenvalue weighted by molar-refractivity contribution is 0.268. The summed E-state index contributed by atoms with van der Waals surface area (Å²) in [7, 11) is -0.608. The van der Waals surface area contributed by atoms with E-state index in [2.05, 4.69) is 26.2 Å². The zero-order valence-corrected chi connectivity index (χ0v) is 15.8. The van der Waals surface area contributed by atoms with E-state index in [1.165, 1.54) is 14.2 Å². The highest BCUT2D eigenvalue weighted by atomic mass is 79.9. The second-order valence-electron chi connectivity index (χ2n) is 5.25. The van der Waals surface area contributed by atoms with Crippen LogP contribution in [0.25, 0.3) is 10.9 Å². The molecule has 0 spiro atoms. The minimum Gasteiger partial charge on any atom is -0.368 e. The molecule has 126 valence electrons. The van der Waals surface area contributed by atoms with Crippen molar-refractivity contribution in [1.82, 2.24) is 4.98 Å². The zero-order valence-electron chi connectivity index (χ0n) is 13.3. The number of benzene rings is 2. The fourth-order valence-corrected chi connectivity index (χ4v) is 4.33. The van der Waals surface area contributed by atoms with E-state index in [0.29, 0.717) is 0 Å². The molecular weight excluding hydrogens is 391 g/mol. The second-order valence-corrected chi connectivity index (χ2v) is 8.49. The molecule has 1 unspecified atom stereocenters. The molecule has 2 aromatic carbocycles. The summed E-state index contributed by atoms with van der Waals surface area (Å²) in [5.41, 5.74) is 2.62. The van der Waals surface area contributed by atoms with Crippen LogP contribution < -0.4 is 5.32 Å². The molecule has 0 aliphatic rings. The molecular formula is C17H18BrN2O3P. The molecule has 0 aliphatic heterocycles. The van der Waals surface area contributed by atoms with Crippen LogP contribution in [0.15, 0.2) is 59.2 Å². The van der Waals surface area contributed by atoms with E-state index in [0.717, 1.165) is 26.6 Å². The summed E-state index contributed by atoms with van der Waals surface area (Å²) in [6.07, 6.45) is 1.84. The van der Waals surface area contributed by atoms with E-state index in [4.69, 9.17) is 9.05 Å². The molecule has 0 amide bonds. The van der Waals surface area contributed by atoms with Gasteiger partial charge in [-0.1, -0.05) is 34.1 Å². The molecule has 0 saturated carbocycles. The Morgan fingerprint density at radius 2 is 1.75 bits per heavy atom. The van der Waals surface area contributed by atoms with Crippen molar-refractivity contribution >= 4 is 40.1 Å². The smallest absolute Gasteiger partial charge is 0.356 e. The van der Waals surface area contributed by atoms with Gasteiger partial charge in [0.2, 0.25) is 0 Å². The van der Waals surface area contributed by atoms with Crippen molar-refractivity contribution in [3.63, 3.8) is 0 Å². The lowest BCUT2D eigenvalue weighted by Gasteiger charge is -2.26. The summed E-state index contributed by atoms with van der Waals surface area (Å²) in [5, 5.41) is 4.26. The maximum atomic E-state index is 13.1. The molecule has 7 heteroatoms. The lowest BCUT2D eigenvalue weighted by atomic mass is 10.1. The third kappa shape index (κ3) is 3.28. The van der Waals surface area contributed by atoms with Crippen molar-refractivity contribution in [3.05, 3.63) is 64.8 Å². The largest absolute Gasteiger partial charge is 0.368 e. The summed E-state index contributed by atoms with van der Waals surface area (Å²) in [6, 6.07) is 15.5. The number of rotatable bonds is 6. The van der Waals surface area contributed by atoms with Gasteiger partial charge in [0.05, 0.1) is 0 Å². The normalized spacial score (nSPS) is 13.1. The van der Waals surface area contributed by atoms with Crippen molar-refractivity contribution in [1.29, 1.82) is 0 Å². The van der Waals surface area contributed by atoms with E-state index in [-0.39, 0.29) is 0 Å². The van der Waals surface area contributed by atoms with Gasteiger partial charge < -0.3 is 19.3 Å². The van der Waals surface area contributed by atoms with Gasteiger partial charge in [-0.3, -0.25) is 4.57 Å². The van der Waals surface area contributed by atoms with Gasteiger partial charge in [-0.15, -0.1) is 0 Å². The van der Waals surface area contributed by atoms with Gasteiger partial charge in [0.1, 0.15) is 0 Å². The molecule has 0 radical (unpaired) electrons. The van der Waals surface area contributed by atoms with Crippen molar-refractivity contribution < 1.29 is 13.6 Å². The molecule has 1 aromatic heterocycles. The Morgan fingerprint density at radius 3 is 2.42 bits per heavy atom. The molecule has 0 saturated heterocycles. The minimum absolute atomic E-state index is 0.634. The molecule has 0 bridgehead atoms. The van der Waals surface area contributed by atoms with Gasteiger partial charge >= 0.3 is 7.60 Å². The predicted molar refractivity (Wildman–Crippen MR) is 100 cm³/mol. The first-order valence-electron chi connectivity index (χ1n) is 7.36. The van der Waals surface area contributed by atoms with E-state index in [1.54, 1.807) is 0 Å². The molecule has 0 fully saturated rings. The van der Waals surface area contributed by atoms with Crippen molar-refractivity contribution in [2.75, 3.05) is 19.5 Å². The van der Waals surface area contributed by atoms with Gasteiger partial charge in [0.25, 0.3) is 0 Å². The van der Waals surface area contributed by atoms with E-state index in [9.17, 15) is 4.57 Å². The zero-order chi connectivity index (χ0) is 17.2.